The first-order valence-electron chi connectivity index (χ1n) is 6.59. The van der Waals surface area contributed by atoms with Crippen molar-refractivity contribution in [1.82, 2.24) is 25.9 Å². The number of aromatic nitrogens is 4. The summed E-state index contributed by atoms with van der Waals surface area (Å²) < 4.78 is 0. The molecule has 0 saturated carbocycles. The predicted molar refractivity (Wildman–Crippen MR) is 73.8 cm³/mol. The van der Waals surface area contributed by atoms with Gasteiger partial charge in [0.1, 0.15) is 0 Å². The molecule has 1 aliphatic heterocycles. The zero-order valence-electron chi connectivity index (χ0n) is 11.1. The molecule has 2 unspecified atom stereocenters. The van der Waals surface area contributed by atoms with Gasteiger partial charge < -0.3 is 10.6 Å². The monoisotopic (exact) mass is 272 g/mol. The van der Waals surface area contributed by atoms with Crippen LogP contribution < -0.4 is 10.6 Å². The summed E-state index contributed by atoms with van der Waals surface area (Å²) in [6.45, 7) is 3.71. The van der Waals surface area contributed by atoms with Crippen LogP contribution in [0, 0.1) is 11.8 Å². The minimum Gasteiger partial charge on any atom is -0.326 e. The van der Waals surface area contributed by atoms with E-state index in [9.17, 15) is 4.79 Å². The van der Waals surface area contributed by atoms with Crippen LogP contribution in [0.4, 0.5) is 5.69 Å². The molecule has 7 nitrogen and oxygen atoms in total. The molecule has 0 radical (unpaired) electrons. The molecular formula is C13H16N6O. The van der Waals surface area contributed by atoms with Gasteiger partial charge in [0.2, 0.25) is 11.7 Å². The van der Waals surface area contributed by atoms with Crippen LogP contribution in [0.15, 0.2) is 24.3 Å². The number of nitrogens with one attached hydrogen (secondary N) is 3. The van der Waals surface area contributed by atoms with Crippen molar-refractivity contribution in [3.05, 3.63) is 24.3 Å². The first kappa shape index (κ1) is 12.7. The van der Waals surface area contributed by atoms with Crippen LogP contribution in [-0.4, -0.2) is 39.6 Å². The minimum atomic E-state index is 0.0174. The summed E-state index contributed by atoms with van der Waals surface area (Å²) in [5, 5.41) is 20.0. The van der Waals surface area contributed by atoms with Crippen LogP contribution in [0.2, 0.25) is 0 Å². The van der Waals surface area contributed by atoms with Gasteiger partial charge in [-0.05, 0) is 29.8 Å². The molecule has 1 fully saturated rings. The van der Waals surface area contributed by atoms with Crippen molar-refractivity contribution in [2.45, 2.75) is 6.92 Å². The number of benzene rings is 1. The molecule has 0 aliphatic carbocycles. The van der Waals surface area contributed by atoms with Gasteiger partial charge in [-0.15, -0.1) is 10.2 Å². The number of rotatable bonds is 3. The highest BCUT2D eigenvalue weighted by Gasteiger charge is 2.29. The Labute approximate surface area is 116 Å². The molecule has 0 bridgehead atoms. The number of H-pyrrole nitrogens is 1. The third-order valence-corrected chi connectivity index (χ3v) is 3.59. The SMILES string of the molecule is CC1CNCC1C(=O)Nc1cccc(-c2nn[nH]n2)c1. The second-order valence-corrected chi connectivity index (χ2v) is 5.05. The summed E-state index contributed by atoms with van der Waals surface area (Å²) in [5.41, 5.74) is 1.56. The molecular weight excluding hydrogens is 256 g/mol. The fraction of sp³-hybridized carbons (Fsp3) is 0.385. The van der Waals surface area contributed by atoms with E-state index in [2.05, 4.69) is 38.2 Å². The number of anilines is 1. The van der Waals surface area contributed by atoms with Gasteiger partial charge in [0.25, 0.3) is 0 Å². The van der Waals surface area contributed by atoms with Crippen LogP contribution in [0.3, 0.4) is 0 Å². The van der Waals surface area contributed by atoms with Crippen molar-refractivity contribution >= 4 is 11.6 Å². The summed E-state index contributed by atoms with van der Waals surface area (Å²) in [5.74, 6) is 0.934. The molecule has 0 spiro atoms. The van der Waals surface area contributed by atoms with Gasteiger partial charge in [0, 0.05) is 17.8 Å². The summed E-state index contributed by atoms with van der Waals surface area (Å²) >= 11 is 0. The van der Waals surface area contributed by atoms with E-state index >= 15 is 0 Å². The molecule has 3 N–H and O–H groups in total. The minimum absolute atomic E-state index is 0.0174. The number of nitrogens with zero attached hydrogens (tertiary/aromatic N) is 3. The van der Waals surface area contributed by atoms with Gasteiger partial charge in [-0.3, -0.25) is 4.79 Å². The fourth-order valence-corrected chi connectivity index (χ4v) is 2.42. The average molecular weight is 272 g/mol. The predicted octanol–water partition coefficient (Wildman–Crippen LogP) is 0.661. The van der Waals surface area contributed by atoms with Gasteiger partial charge in [-0.25, -0.2) is 0 Å². The van der Waals surface area contributed by atoms with Gasteiger partial charge in [0.15, 0.2) is 0 Å². The number of hydrogen-bond donors (Lipinski definition) is 3. The highest BCUT2D eigenvalue weighted by molar-refractivity contribution is 5.93. The summed E-state index contributed by atoms with van der Waals surface area (Å²) in [6.07, 6.45) is 0. The van der Waals surface area contributed by atoms with Crippen molar-refractivity contribution < 1.29 is 4.79 Å². The summed E-state index contributed by atoms with van der Waals surface area (Å²) in [6, 6.07) is 7.43. The molecule has 104 valence electrons. The Morgan fingerprint density at radius 1 is 1.40 bits per heavy atom. The second kappa shape index (κ2) is 5.38. The number of amides is 1. The lowest BCUT2D eigenvalue weighted by Gasteiger charge is -2.14. The smallest absolute Gasteiger partial charge is 0.229 e. The van der Waals surface area contributed by atoms with Crippen LogP contribution in [0.5, 0.6) is 0 Å². The molecule has 1 saturated heterocycles. The third kappa shape index (κ3) is 2.53. The molecule has 2 heterocycles. The van der Waals surface area contributed by atoms with Crippen molar-refractivity contribution in [2.24, 2.45) is 11.8 Å². The molecule has 1 aliphatic rings. The van der Waals surface area contributed by atoms with Crippen LogP contribution in [-0.2, 0) is 4.79 Å². The standard InChI is InChI=1S/C13H16N6O/c1-8-6-14-7-11(8)13(20)15-10-4-2-3-9(5-10)12-16-18-19-17-12/h2-5,8,11,14H,6-7H2,1H3,(H,15,20)(H,16,17,18,19). The van der Waals surface area contributed by atoms with Crippen molar-refractivity contribution in [3.63, 3.8) is 0 Å². The number of tetrazole rings is 1. The van der Waals surface area contributed by atoms with Crippen molar-refractivity contribution in [2.75, 3.05) is 18.4 Å². The first-order valence-corrected chi connectivity index (χ1v) is 6.59. The summed E-state index contributed by atoms with van der Waals surface area (Å²) in [4.78, 5) is 12.2. The van der Waals surface area contributed by atoms with Crippen molar-refractivity contribution in [3.8, 4) is 11.4 Å². The lowest BCUT2D eigenvalue weighted by Crippen LogP contribution is -2.27. The Morgan fingerprint density at radius 2 is 2.30 bits per heavy atom. The largest absolute Gasteiger partial charge is 0.326 e. The highest BCUT2D eigenvalue weighted by atomic mass is 16.1. The number of carbonyl (C=O) groups is 1. The van der Waals surface area contributed by atoms with E-state index < -0.39 is 0 Å². The topological polar surface area (TPSA) is 95.6 Å². The molecule has 7 heteroatoms. The zero-order chi connectivity index (χ0) is 13.9. The van der Waals surface area contributed by atoms with Crippen LogP contribution >= 0.6 is 0 Å². The zero-order valence-corrected chi connectivity index (χ0v) is 11.1. The Kier molecular flexibility index (Phi) is 3.42. The highest BCUT2D eigenvalue weighted by Crippen LogP contribution is 2.21. The lowest BCUT2D eigenvalue weighted by molar-refractivity contribution is -0.120. The van der Waals surface area contributed by atoms with Gasteiger partial charge >= 0.3 is 0 Å². The average Bonchev–Trinajstić information content (AvgIpc) is 3.09. The van der Waals surface area contributed by atoms with Gasteiger partial charge in [0.05, 0.1) is 5.92 Å². The molecule has 2 aromatic rings. The number of hydrogen-bond acceptors (Lipinski definition) is 5. The van der Waals surface area contributed by atoms with E-state index in [4.69, 9.17) is 0 Å². The van der Waals surface area contributed by atoms with E-state index in [1.807, 2.05) is 24.3 Å². The Bertz CT molecular complexity index is 597. The maximum Gasteiger partial charge on any atom is 0.229 e. The van der Waals surface area contributed by atoms with E-state index in [0.717, 1.165) is 24.3 Å². The molecule has 2 atom stereocenters. The lowest BCUT2D eigenvalue weighted by atomic mass is 9.97. The van der Waals surface area contributed by atoms with E-state index in [-0.39, 0.29) is 11.8 Å². The normalized spacial score (nSPS) is 21.9. The molecule has 20 heavy (non-hydrogen) atoms. The number of aromatic amines is 1. The second-order valence-electron chi connectivity index (χ2n) is 5.05. The molecule has 1 aromatic carbocycles. The Balaban J connectivity index is 1.74. The van der Waals surface area contributed by atoms with Crippen molar-refractivity contribution in [1.29, 1.82) is 0 Å². The van der Waals surface area contributed by atoms with Crippen LogP contribution in [0.1, 0.15) is 6.92 Å². The number of carbonyl (C=O) groups excluding carboxylic acids is 1. The maximum absolute atomic E-state index is 12.2. The summed E-state index contributed by atoms with van der Waals surface area (Å²) in [7, 11) is 0. The maximum atomic E-state index is 12.2. The Hall–Kier alpha value is -2.28. The third-order valence-electron chi connectivity index (χ3n) is 3.59. The molecule has 1 aromatic heterocycles. The van der Waals surface area contributed by atoms with Gasteiger partial charge in [-0.2, -0.15) is 5.21 Å². The van der Waals surface area contributed by atoms with E-state index in [1.165, 1.54) is 0 Å². The Morgan fingerprint density at radius 3 is 3.00 bits per heavy atom. The molecule has 3 rings (SSSR count). The van der Waals surface area contributed by atoms with E-state index in [1.54, 1.807) is 0 Å². The fourth-order valence-electron chi connectivity index (χ4n) is 2.42. The first-order chi connectivity index (χ1) is 9.74. The van der Waals surface area contributed by atoms with E-state index in [0.29, 0.717) is 11.7 Å². The van der Waals surface area contributed by atoms with Gasteiger partial charge in [-0.1, -0.05) is 19.1 Å². The quantitative estimate of drug-likeness (QED) is 0.763. The molecule has 1 amide bonds. The van der Waals surface area contributed by atoms with Crippen LogP contribution in [0.25, 0.3) is 11.4 Å².